The Balaban J connectivity index is 2.54. The molecule has 0 amide bonds. The van der Waals surface area contributed by atoms with Crippen molar-refractivity contribution in [1.82, 2.24) is 0 Å². The van der Waals surface area contributed by atoms with Crippen LogP contribution in [0.25, 0.3) is 0 Å². The summed E-state index contributed by atoms with van der Waals surface area (Å²) in [4.78, 5) is 0. The van der Waals surface area contributed by atoms with Crippen molar-refractivity contribution in [2.24, 2.45) is 5.73 Å². The maximum atomic E-state index is 5.20. The summed E-state index contributed by atoms with van der Waals surface area (Å²) in [6, 6.07) is 0. The summed E-state index contributed by atoms with van der Waals surface area (Å²) in [5.74, 6) is 0. The summed E-state index contributed by atoms with van der Waals surface area (Å²) in [5, 5.41) is 0. The lowest BCUT2D eigenvalue weighted by Crippen LogP contribution is -1.92. The average Bonchev–Trinajstić information content (AvgIpc) is 1.38. The third kappa shape index (κ3) is 4.39. The standard InChI is InChI=1S/C3H10NP/c1-5(2)3-4/h3-4H2,1-2H3. The molecule has 0 aromatic rings. The number of rotatable bonds is 1. The van der Waals surface area contributed by atoms with Crippen molar-refractivity contribution in [2.75, 3.05) is 19.6 Å². The van der Waals surface area contributed by atoms with E-state index in [0.717, 1.165) is 6.29 Å². The number of hydrogen-bond donors (Lipinski definition) is 1. The predicted molar refractivity (Wildman–Crippen MR) is 27.8 cm³/mol. The molecular formula is C3H10NP. The van der Waals surface area contributed by atoms with Gasteiger partial charge in [-0.2, -0.15) is 0 Å². The minimum atomic E-state index is 0.180. The molecule has 2 heteroatoms. The quantitative estimate of drug-likeness (QED) is 0.471. The smallest absolute Gasteiger partial charge is 0.0122 e. The minimum Gasteiger partial charge on any atom is -0.327 e. The molecule has 32 valence electrons. The lowest BCUT2D eigenvalue weighted by atomic mass is 11.5. The first kappa shape index (κ1) is 5.39. The Morgan fingerprint density at radius 3 is 1.80 bits per heavy atom. The minimum absolute atomic E-state index is 0.180. The van der Waals surface area contributed by atoms with Gasteiger partial charge < -0.3 is 5.73 Å². The summed E-state index contributed by atoms with van der Waals surface area (Å²) >= 11 is 0. The highest BCUT2D eigenvalue weighted by atomic mass is 31.1. The molecule has 0 unspecified atom stereocenters. The fourth-order valence-electron chi connectivity index (χ4n) is 0. The van der Waals surface area contributed by atoms with Gasteiger partial charge in [-0.3, -0.25) is 0 Å². The van der Waals surface area contributed by atoms with Crippen LogP contribution in [0, 0.1) is 0 Å². The Morgan fingerprint density at radius 2 is 1.80 bits per heavy atom. The van der Waals surface area contributed by atoms with E-state index >= 15 is 0 Å². The van der Waals surface area contributed by atoms with Gasteiger partial charge in [-0.05, 0) is 13.3 Å². The highest BCUT2D eigenvalue weighted by Crippen LogP contribution is 2.18. The Bertz CT molecular complexity index is 20.9. The van der Waals surface area contributed by atoms with Crippen LogP contribution in [-0.4, -0.2) is 19.6 Å². The first-order valence-electron chi connectivity index (χ1n) is 1.62. The van der Waals surface area contributed by atoms with Gasteiger partial charge >= 0.3 is 0 Å². The van der Waals surface area contributed by atoms with Gasteiger partial charge in [-0.1, -0.05) is 7.92 Å². The molecule has 5 heavy (non-hydrogen) atoms. The zero-order valence-corrected chi connectivity index (χ0v) is 4.63. The van der Waals surface area contributed by atoms with Crippen LogP contribution in [0.5, 0.6) is 0 Å². The molecule has 0 aliphatic carbocycles. The fourth-order valence-corrected chi connectivity index (χ4v) is 0. The Labute approximate surface area is 34.3 Å². The highest BCUT2D eigenvalue weighted by molar-refractivity contribution is 7.55. The van der Waals surface area contributed by atoms with Gasteiger partial charge in [0.25, 0.3) is 0 Å². The van der Waals surface area contributed by atoms with Gasteiger partial charge in [0.2, 0.25) is 0 Å². The Kier molecular flexibility index (Phi) is 2.82. The molecule has 0 spiro atoms. The van der Waals surface area contributed by atoms with Crippen molar-refractivity contribution in [2.45, 2.75) is 0 Å². The topological polar surface area (TPSA) is 26.0 Å². The molecule has 1 nitrogen and oxygen atoms in total. The Hall–Kier alpha value is 0.390. The molecule has 0 aliphatic rings. The van der Waals surface area contributed by atoms with E-state index in [1.807, 2.05) is 0 Å². The molecule has 0 rings (SSSR count). The van der Waals surface area contributed by atoms with Crippen LogP contribution >= 0.6 is 7.92 Å². The van der Waals surface area contributed by atoms with E-state index < -0.39 is 0 Å². The van der Waals surface area contributed by atoms with E-state index in [2.05, 4.69) is 13.3 Å². The fraction of sp³-hybridized carbons (Fsp3) is 1.00. The Morgan fingerprint density at radius 1 is 1.60 bits per heavy atom. The van der Waals surface area contributed by atoms with Gasteiger partial charge in [0, 0.05) is 6.29 Å². The third-order valence-electron chi connectivity index (χ3n) is 0.365. The number of hydrogen-bond acceptors (Lipinski definition) is 1. The lowest BCUT2D eigenvalue weighted by molar-refractivity contribution is 1.38. The molecule has 0 bridgehead atoms. The second-order valence-electron chi connectivity index (χ2n) is 1.26. The maximum absolute atomic E-state index is 5.20. The second kappa shape index (κ2) is 2.62. The zero-order valence-electron chi connectivity index (χ0n) is 3.73. The van der Waals surface area contributed by atoms with Crippen LogP contribution in [0.15, 0.2) is 0 Å². The third-order valence-corrected chi connectivity index (χ3v) is 1.10. The van der Waals surface area contributed by atoms with Crippen molar-refractivity contribution < 1.29 is 0 Å². The SMILES string of the molecule is CP(C)CN. The molecule has 0 radical (unpaired) electrons. The summed E-state index contributed by atoms with van der Waals surface area (Å²) in [6.07, 6.45) is 0.870. The van der Waals surface area contributed by atoms with E-state index in [1.165, 1.54) is 0 Å². The average molecular weight is 91.1 g/mol. The van der Waals surface area contributed by atoms with E-state index in [9.17, 15) is 0 Å². The van der Waals surface area contributed by atoms with Crippen molar-refractivity contribution in [3.05, 3.63) is 0 Å². The van der Waals surface area contributed by atoms with Crippen molar-refractivity contribution in [3.8, 4) is 0 Å². The molecule has 2 N–H and O–H groups in total. The van der Waals surface area contributed by atoms with Crippen LogP contribution in [0.2, 0.25) is 0 Å². The van der Waals surface area contributed by atoms with Crippen molar-refractivity contribution in [1.29, 1.82) is 0 Å². The molecule has 0 atom stereocenters. The molecule has 0 heterocycles. The summed E-state index contributed by atoms with van der Waals surface area (Å²) in [5.41, 5.74) is 5.20. The lowest BCUT2D eigenvalue weighted by Gasteiger charge is -1.92. The first-order chi connectivity index (χ1) is 2.27. The van der Waals surface area contributed by atoms with Crippen LogP contribution in [-0.2, 0) is 0 Å². The zero-order chi connectivity index (χ0) is 4.28. The second-order valence-corrected chi connectivity index (χ2v) is 3.79. The molecule has 0 saturated carbocycles. The largest absolute Gasteiger partial charge is 0.327 e. The van der Waals surface area contributed by atoms with E-state index in [-0.39, 0.29) is 7.92 Å². The molecule has 0 fully saturated rings. The van der Waals surface area contributed by atoms with Gasteiger partial charge in [-0.25, -0.2) is 0 Å². The monoisotopic (exact) mass is 91.1 g/mol. The normalized spacial score (nSPS) is 9.60. The van der Waals surface area contributed by atoms with Crippen LogP contribution in [0.1, 0.15) is 0 Å². The van der Waals surface area contributed by atoms with Crippen molar-refractivity contribution >= 4 is 7.92 Å². The van der Waals surface area contributed by atoms with E-state index in [0.29, 0.717) is 0 Å². The van der Waals surface area contributed by atoms with Crippen molar-refractivity contribution in [3.63, 3.8) is 0 Å². The molecule has 0 aromatic carbocycles. The highest BCUT2D eigenvalue weighted by Gasteiger charge is 1.78. The molecule has 0 aromatic heterocycles. The van der Waals surface area contributed by atoms with Gasteiger partial charge in [0.05, 0.1) is 0 Å². The van der Waals surface area contributed by atoms with E-state index in [1.54, 1.807) is 0 Å². The molecule has 0 aliphatic heterocycles. The van der Waals surface area contributed by atoms with Crippen LogP contribution < -0.4 is 5.73 Å². The predicted octanol–water partition coefficient (Wildman–Crippen LogP) is 0.644. The van der Waals surface area contributed by atoms with Crippen LogP contribution in [0.4, 0.5) is 0 Å². The maximum Gasteiger partial charge on any atom is 0.0122 e. The summed E-state index contributed by atoms with van der Waals surface area (Å²) in [7, 11) is 0.180. The molecule has 0 saturated heterocycles. The van der Waals surface area contributed by atoms with E-state index in [4.69, 9.17) is 5.73 Å². The molecular weight excluding hydrogens is 81.0 g/mol. The number of nitrogens with two attached hydrogens (primary N) is 1. The van der Waals surface area contributed by atoms with Gasteiger partial charge in [0.1, 0.15) is 0 Å². The van der Waals surface area contributed by atoms with Gasteiger partial charge in [0.15, 0.2) is 0 Å². The summed E-state index contributed by atoms with van der Waals surface area (Å²) < 4.78 is 0. The summed E-state index contributed by atoms with van der Waals surface area (Å²) in [6.45, 7) is 4.32. The first-order valence-corrected chi connectivity index (χ1v) is 4.04. The van der Waals surface area contributed by atoms with Gasteiger partial charge in [-0.15, -0.1) is 0 Å². The van der Waals surface area contributed by atoms with Crippen LogP contribution in [0.3, 0.4) is 0 Å².